The molecule has 0 saturated heterocycles. The molecule has 84 valence electrons. The molecule has 1 aliphatic rings. The summed E-state index contributed by atoms with van der Waals surface area (Å²) in [5, 5.41) is 2.40. The lowest BCUT2D eigenvalue weighted by molar-refractivity contribution is -0.125. The summed E-state index contributed by atoms with van der Waals surface area (Å²) in [6.07, 6.45) is -0.0417. The van der Waals surface area contributed by atoms with Crippen molar-refractivity contribution in [2.45, 2.75) is 31.9 Å². The normalized spacial score (nSPS) is 20.6. The standard InChI is InChI=1S/C9H17F3N2/c10-9(11,12)7-14-5-4-8(6-13)2-1-3-8/h14H,1-7,13H2. The summed E-state index contributed by atoms with van der Waals surface area (Å²) >= 11 is 0. The molecule has 1 rings (SSSR count). The van der Waals surface area contributed by atoms with Gasteiger partial charge in [-0.25, -0.2) is 0 Å². The topological polar surface area (TPSA) is 38.0 Å². The highest BCUT2D eigenvalue weighted by Crippen LogP contribution is 2.42. The van der Waals surface area contributed by atoms with Gasteiger partial charge in [-0.1, -0.05) is 6.42 Å². The van der Waals surface area contributed by atoms with Gasteiger partial charge in [-0.05, 0) is 37.8 Å². The van der Waals surface area contributed by atoms with E-state index in [0.29, 0.717) is 13.1 Å². The molecule has 0 aromatic rings. The lowest BCUT2D eigenvalue weighted by Gasteiger charge is -2.41. The van der Waals surface area contributed by atoms with Crippen molar-refractivity contribution < 1.29 is 13.2 Å². The first-order chi connectivity index (χ1) is 6.47. The minimum Gasteiger partial charge on any atom is -0.330 e. The average Bonchev–Trinajstić information content (AvgIpc) is 2.00. The molecule has 3 N–H and O–H groups in total. The molecule has 0 bridgehead atoms. The van der Waals surface area contributed by atoms with Crippen LogP contribution in [0.15, 0.2) is 0 Å². The van der Waals surface area contributed by atoms with Crippen molar-refractivity contribution in [3.8, 4) is 0 Å². The highest BCUT2D eigenvalue weighted by Gasteiger charge is 2.35. The lowest BCUT2D eigenvalue weighted by Crippen LogP contribution is -2.40. The van der Waals surface area contributed by atoms with Crippen molar-refractivity contribution in [1.29, 1.82) is 0 Å². The largest absolute Gasteiger partial charge is 0.401 e. The van der Waals surface area contributed by atoms with Gasteiger partial charge in [0.25, 0.3) is 0 Å². The highest BCUT2D eigenvalue weighted by molar-refractivity contribution is 4.88. The Labute approximate surface area is 82.0 Å². The maximum Gasteiger partial charge on any atom is 0.401 e. The molecule has 1 aliphatic carbocycles. The minimum absolute atomic E-state index is 0.137. The maximum atomic E-state index is 11.8. The number of halogens is 3. The maximum absolute atomic E-state index is 11.8. The Balaban J connectivity index is 2.09. The van der Waals surface area contributed by atoms with Gasteiger partial charge in [-0.15, -0.1) is 0 Å². The first-order valence-corrected chi connectivity index (χ1v) is 4.95. The zero-order valence-corrected chi connectivity index (χ0v) is 8.16. The number of hydrogen-bond acceptors (Lipinski definition) is 2. The first kappa shape index (κ1) is 11.8. The van der Waals surface area contributed by atoms with Gasteiger partial charge in [0.15, 0.2) is 0 Å². The highest BCUT2D eigenvalue weighted by atomic mass is 19.4. The van der Waals surface area contributed by atoms with Crippen molar-refractivity contribution in [2.75, 3.05) is 19.6 Å². The van der Waals surface area contributed by atoms with Crippen molar-refractivity contribution in [3.05, 3.63) is 0 Å². The quantitative estimate of drug-likeness (QED) is 0.677. The van der Waals surface area contributed by atoms with Crippen molar-refractivity contribution >= 4 is 0 Å². The second-order valence-corrected chi connectivity index (χ2v) is 4.10. The van der Waals surface area contributed by atoms with Crippen LogP contribution in [0.5, 0.6) is 0 Å². The van der Waals surface area contributed by atoms with E-state index in [4.69, 9.17) is 5.73 Å². The molecule has 0 aromatic heterocycles. The lowest BCUT2D eigenvalue weighted by atomic mass is 9.67. The van der Waals surface area contributed by atoms with Gasteiger partial charge in [-0.3, -0.25) is 0 Å². The number of nitrogens with one attached hydrogen (secondary N) is 1. The molecule has 0 heterocycles. The predicted octanol–water partition coefficient (Wildman–Crippen LogP) is 1.66. The summed E-state index contributed by atoms with van der Waals surface area (Å²) in [6.45, 7) is 0.116. The predicted molar refractivity (Wildman–Crippen MR) is 48.9 cm³/mol. The number of rotatable bonds is 5. The van der Waals surface area contributed by atoms with Crippen molar-refractivity contribution in [2.24, 2.45) is 11.1 Å². The van der Waals surface area contributed by atoms with Crippen LogP contribution in [0.2, 0.25) is 0 Å². The summed E-state index contributed by atoms with van der Waals surface area (Å²) in [6, 6.07) is 0. The number of nitrogens with two attached hydrogens (primary N) is 1. The van der Waals surface area contributed by atoms with Crippen LogP contribution in [0.4, 0.5) is 13.2 Å². The van der Waals surface area contributed by atoms with E-state index in [9.17, 15) is 13.2 Å². The van der Waals surface area contributed by atoms with E-state index in [-0.39, 0.29) is 5.41 Å². The van der Waals surface area contributed by atoms with E-state index in [1.165, 1.54) is 0 Å². The van der Waals surface area contributed by atoms with E-state index in [1.807, 2.05) is 0 Å². The Morgan fingerprint density at radius 1 is 1.29 bits per heavy atom. The molecule has 0 atom stereocenters. The summed E-state index contributed by atoms with van der Waals surface area (Å²) in [5.41, 5.74) is 5.72. The molecule has 0 aromatic carbocycles. The Hall–Kier alpha value is -0.290. The second-order valence-electron chi connectivity index (χ2n) is 4.10. The molecular weight excluding hydrogens is 193 g/mol. The molecular formula is C9H17F3N2. The van der Waals surface area contributed by atoms with Gasteiger partial charge in [0.05, 0.1) is 6.54 Å². The van der Waals surface area contributed by atoms with Crippen molar-refractivity contribution in [3.63, 3.8) is 0 Å². The molecule has 1 saturated carbocycles. The fourth-order valence-corrected chi connectivity index (χ4v) is 1.82. The minimum atomic E-state index is -4.10. The van der Waals surface area contributed by atoms with E-state index >= 15 is 0 Å². The zero-order valence-electron chi connectivity index (χ0n) is 8.16. The van der Waals surface area contributed by atoms with E-state index in [2.05, 4.69) is 5.32 Å². The third kappa shape index (κ3) is 3.46. The van der Waals surface area contributed by atoms with Crippen LogP contribution >= 0.6 is 0 Å². The van der Waals surface area contributed by atoms with Gasteiger partial charge in [-0.2, -0.15) is 13.2 Å². The third-order valence-corrected chi connectivity index (χ3v) is 3.00. The Morgan fingerprint density at radius 2 is 1.93 bits per heavy atom. The second kappa shape index (κ2) is 4.49. The Morgan fingerprint density at radius 3 is 2.29 bits per heavy atom. The molecule has 5 heteroatoms. The molecule has 14 heavy (non-hydrogen) atoms. The van der Waals surface area contributed by atoms with Crippen LogP contribution in [-0.4, -0.2) is 25.8 Å². The van der Waals surface area contributed by atoms with Crippen molar-refractivity contribution in [1.82, 2.24) is 5.32 Å². The van der Waals surface area contributed by atoms with Crippen LogP contribution in [0.3, 0.4) is 0 Å². The van der Waals surface area contributed by atoms with E-state index in [0.717, 1.165) is 25.7 Å². The third-order valence-electron chi connectivity index (χ3n) is 3.00. The van der Waals surface area contributed by atoms with Crippen LogP contribution in [0.1, 0.15) is 25.7 Å². The summed E-state index contributed by atoms with van der Waals surface area (Å²) in [4.78, 5) is 0. The molecule has 0 spiro atoms. The van der Waals surface area contributed by atoms with Crippen LogP contribution in [0.25, 0.3) is 0 Å². The van der Waals surface area contributed by atoms with Crippen LogP contribution in [0, 0.1) is 5.41 Å². The number of alkyl halides is 3. The van der Waals surface area contributed by atoms with E-state index < -0.39 is 12.7 Å². The van der Waals surface area contributed by atoms with Crippen LogP contribution < -0.4 is 11.1 Å². The van der Waals surface area contributed by atoms with Gasteiger partial charge in [0.2, 0.25) is 0 Å². The van der Waals surface area contributed by atoms with Gasteiger partial charge < -0.3 is 11.1 Å². The molecule has 0 unspecified atom stereocenters. The first-order valence-electron chi connectivity index (χ1n) is 4.95. The zero-order chi connectivity index (χ0) is 10.7. The molecule has 2 nitrogen and oxygen atoms in total. The number of hydrogen-bond donors (Lipinski definition) is 2. The average molecular weight is 210 g/mol. The fraction of sp³-hybridized carbons (Fsp3) is 1.00. The molecule has 0 amide bonds. The molecule has 1 fully saturated rings. The van der Waals surface area contributed by atoms with Gasteiger partial charge >= 0.3 is 6.18 Å². The van der Waals surface area contributed by atoms with Crippen LogP contribution in [-0.2, 0) is 0 Å². The van der Waals surface area contributed by atoms with E-state index in [1.54, 1.807) is 0 Å². The van der Waals surface area contributed by atoms with Gasteiger partial charge in [0, 0.05) is 0 Å². The Bertz CT molecular complexity index is 170. The van der Waals surface area contributed by atoms with Gasteiger partial charge in [0.1, 0.15) is 0 Å². The monoisotopic (exact) mass is 210 g/mol. The summed E-state index contributed by atoms with van der Waals surface area (Å²) in [5.74, 6) is 0. The fourth-order valence-electron chi connectivity index (χ4n) is 1.82. The SMILES string of the molecule is NCC1(CCNCC(F)(F)F)CCC1. The Kier molecular flexibility index (Phi) is 3.78. The summed E-state index contributed by atoms with van der Waals surface area (Å²) in [7, 11) is 0. The molecule has 0 aliphatic heterocycles. The smallest absolute Gasteiger partial charge is 0.330 e. The molecule has 0 radical (unpaired) electrons. The summed E-state index contributed by atoms with van der Waals surface area (Å²) < 4.78 is 35.3.